The van der Waals surface area contributed by atoms with Gasteiger partial charge < -0.3 is 10.6 Å². The van der Waals surface area contributed by atoms with E-state index in [4.69, 9.17) is 0 Å². The first kappa shape index (κ1) is 15.0. The molecule has 1 atom stereocenters. The van der Waals surface area contributed by atoms with Crippen molar-refractivity contribution >= 4 is 21.6 Å². The monoisotopic (exact) mass is 299 g/mol. The van der Waals surface area contributed by atoms with Crippen LogP contribution in [0.25, 0.3) is 0 Å². The third-order valence-electron chi connectivity index (χ3n) is 3.21. The summed E-state index contributed by atoms with van der Waals surface area (Å²) in [6.45, 7) is 3.01. The second-order valence-corrected chi connectivity index (χ2v) is 7.27. The molecule has 0 bridgehead atoms. The van der Waals surface area contributed by atoms with Crippen LogP contribution >= 0.6 is 0 Å². The summed E-state index contributed by atoms with van der Waals surface area (Å²) in [5.41, 5.74) is 0. The maximum absolute atomic E-state index is 11.4. The standard InChI is InChI=1S/C12H21N5O2S/c1-2-3-4-6-13-11-8-14-17-12(16-11)15-10-5-7-20(18,19)9-10/h8,10H,2-7,9H2,1H3,(H2,13,15,16,17). The first-order valence-electron chi connectivity index (χ1n) is 6.99. The SMILES string of the molecule is CCCCCNc1cnnc(NC2CCS(=O)(=O)C2)n1. The molecular weight excluding hydrogens is 278 g/mol. The zero-order valence-corrected chi connectivity index (χ0v) is 12.5. The average Bonchev–Trinajstić information content (AvgIpc) is 2.74. The van der Waals surface area contributed by atoms with Crippen LogP contribution in [0.2, 0.25) is 0 Å². The van der Waals surface area contributed by atoms with Gasteiger partial charge in [-0.1, -0.05) is 19.8 Å². The van der Waals surface area contributed by atoms with Gasteiger partial charge >= 0.3 is 0 Å². The Morgan fingerprint density at radius 3 is 2.95 bits per heavy atom. The fraction of sp³-hybridized carbons (Fsp3) is 0.750. The van der Waals surface area contributed by atoms with Crippen LogP contribution in [-0.2, 0) is 9.84 Å². The van der Waals surface area contributed by atoms with Crippen LogP contribution in [0.1, 0.15) is 32.6 Å². The van der Waals surface area contributed by atoms with Crippen LogP contribution in [0.5, 0.6) is 0 Å². The number of hydrogen-bond acceptors (Lipinski definition) is 7. The molecule has 7 nitrogen and oxygen atoms in total. The van der Waals surface area contributed by atoms with Gasteiger partial charge in [-0.2, -0.15) is 10.1 Å². The Balaban J connectivity index is 1.86. The molecule has 0 aromatic carbocycles. The van der Waals surface area contributed by atoms with Gasteiger partial charge in [0.25, 0.3) is 0 Å². The van der Waals surface area contributed by atoms with E-state index in [0.29, 0.717) is 18.2 Å². The molecule has 1 aliphatic heterocycles. The van der Waals surface area contributed by atoms with E-state index in [1.165, 1.54) is 12.8 Å². The molecule has 112 valence electrons. The van der Waals surface area contributed by atoms with Gasteiger partial charge in [0.1, 0.15) is 5.82 Å². The predicted octanol–water partition coefficient (Wildman–Crippen LogP) is 1.07. The molecular formula is C12H21N5O2S. The fourth-order valence-electron chi connectivity index (χ4n) is 2.13. The molecule has 20 heavy (non-hydrogen) atoms. The Hall–Kier alpha value is -1.44. The highest BCUT2D eigenvalue weighted by molar-refractivity contribution is 7.91. The first-order valence-corrected chi connectivity index (χ1v) is 8.82. The maximum atomic E-state index is 11.4. The third-order valence-corrected chi connectivity index (χ3v) is 4.98. The van der Waals surface area contributed by atoms with Gasteiger partial charge in [0.05, 0.1) is 17.7 Å². The number of unbranched alkanes of at least 4 members (excludes halogenated alkanes) is 2. The zero-order valence-electron chi connectivity index (χ0n) is 11.7. The molecule has 1 aromatic rings. The summed E-state index contributed by atoms with van der Waals surface area (Å²) in [7, 11) is -2.90. The third kappa shape index (κ3) is 4.59. The molecule has 0 aliphatic carbocycles. The van der Waals surface area contributed by atoms with E-state index in [-0.39, 0.29) is 17.5 Å². The van der Waals surface area contributed by atoms with Crippen molar-refractivity contribution in [2.45, 2.75) is 38.6 Å². The Labute approximate surface area is 119 Å². The van der Waals surface area contributed by atoms with Crippen molar-refractivity contribution in [1.82, 2.24) is 15.2 Å². The largest absolute Gasteiger partial charge is 0.369 e. The minimum absolute atomic E-state index is 0.114. The molecule has 1 fully saturated rings. The van der Waals surface area contributed by atoms with E-state index in [0.717, 1.165) is 13.0 Å². The lowest BCUT2D eigenvalue weighted by Gasteiger charge is -2.11. The zero-order chi connectivity index (χ0) is 14.4. The highest BCUT2D eigenvalue weighted by atomic mass is 32.2. The van der Waals surface area contributed by atoms with Crippen molar-refractivity contribution in [3.05, 3.63) is 6.20 Å². The van der Waals surface area contributed by atoms with Gasteiger partial charge in [-0.25, -0.2) is 8.42 Å². The number of hydrogen-bond donors (Lipinski definition) is 2. The average molecular weight is 299 g/mol. The molecule has 1 aromatic heterocycles. The summed E-state index contributed by atoms with van der Waals surface area (Å²) in [4.78, 5) is 4.29. The Kier molecular flexibility index (Phi) is 5.11. The van der Waals surface area contributed by atoms with Crippen LogP contribution in [0.15, 0.2) is 6.20 Å². The molecule has 1 saturated heterocycles. The van der Waals surface area contributed by atoms with Crippen molar-refractivity contribution in [3.63, 3.8) is 0 Å². The number of nitrogens with zero attached hydrogens (tertiary/aromatic N) is 3. The van der Waals surface area contributed by atoms with Gasteiger partial charge in [-0.05, 0) is 12.8 Å². The van der Waals surface area contributed by atoms with Crippen LogP contribution in [-0.4, -0.2) is 47.7 Å². The Bertz CT molecular complexity index is 534. The van der Waals surface area contributed by atoms with E-state index >= 15 is 0 Å². The van der Waals surface area contributed by atoms with E-state index in [1.807, 2.05) is 0 Å². The minimum atomic E-state index is -2.90. The minimum Gasteiger partial charge on any atom is -0.369 e. The number of aromatic nitrogens is 3. The van der Waals surface area contributed by atoms with Gasteiger partial charge in [-0.3, -0.25) is 0 Å². The van der Waals surface area contributed by atoms with Gasteiger partial charge in [-0.15, -0.1) is 5.10 Å². The van der Waals surface area contributed by atoms with Gasteiger partial charge in [0.2, 0.25) is 5.95 Å². The van der Waals surface area contributed by atoms with Crippen molar-refractivity contribution in [2.24, 2.45) is 0 Å². The molecule has 0 saturated carbocycles. The summed E-state index contributed by atoms with van der Waals surface area (Å²) in [6.07, 6.45) is 5.61. The van der Waals surface area contributed by atoms with Gasteiger partial charge in [0.15, 0.2) is 9.84 Å². The molecule has 0 amide bonds. The highest BCUT2D eigenvalue weighted by Gasteiger charge is 2.28. The van der Waals surface area contributed by atoms with Crippen LogP contribution < -0.4 is 10.6 Å². The van der Waals surface area contributed by atoms with Crippen LogP contribution in [0.4, 0.5) is 11.8 Å². The smallest absolute Gasteiger partial charge is 0.244 e. The highest BCUT2D eigenvalue weighted by Crippen LogP contribution is 2.15. The van der Waals surface area contributed by atoms with E-state index in [1.54, 1.807) is 6.20 Å². The molecule has 2 N–H and O–H groups in total. The second kappa shape index (κ2) is 6.83. The molecule has 1 aliphatic rings. The Morgan fingerprint density at radius 2 is 2.25 bits per heavy atom. The van der Waals surface area contributed by atoms with Gasteiger partial charge in [0, 0.05) is 12.6 Å². The number of nitrogens with one attached hydrogen (secondary N) is 2. The van der Waals surface area contributed by atoms with E-state index in [2.05, 4.69) is 32.7 Å². The lowest BCUT2D eigenvalue weighted by atomic mass is 10.2. The molecule has 1 unspecified atom stereocenters. The second-order valence-electron chi connectivity index (χ2n) is 5.04. The molecule has 0 spiro atoms. The summed E-state index contributed by atoms with van der Waals surface area (Å²) in [5, 5.41) is 14.0. The molecule has 2 heterocycles. The lowest BCUT2D eigenvalue weighted by molar-refractivity contribution is 0.602. The van der Waals surface area contributed by atoms with Crippen molar-refractivity contribution in [3.8, 4) is 0 Å². The van der Waals surface area contributed by atoms with Crippen molar-refractivity contribution in [1.29, 1.82) is 0 Å². The summed E-state index contributed by atoms with van der Waals surface area (Å²) >= 11 is 0. The number of sulfone groups is 1. The van der Waals surface area contributed by atoms with Crippen molar-refractivity contribution in [2.75, 3.05) is 28.7 Å². The summed E-state index contributed by atoms with van der Waals surface area (Å²) in [6, 6.07) is -0.114. The van der Waals surface area contributed by atoms with Crippen LogP contribution in [0.3, 0.4) is 0 Å². The van der Waals surface area contributed by atoms with E-state index < -0.39 is 9.84 Å². The predicted molar refractivity (Wildman–Crippen MR) is 78.5 cm³/mol. The number of rotatable bonds is 7. The van der Waals surface area contributed by atoms with Crippen LogP contribution in [0, 0.1) is 0 Å². The number of anilines is 2. The summed E-state index contributed by atoms with van der Waals surface area (Å²) in [5.74, 6) is 1.42. The lowest BCUT2D eigenvalue weighted by Crippen LogP contribution is -2.22. The molecule has 0 radical (unpaired) electrons. The summed E-state index contributed by atoms with van der Waals surface area (Å²) < 4.78 is 22.8. The fourth-order valence-corrected chi connectivity index (χ4v) is 3.81. The maximum Gasteiger partial charge on any atom is 0.244 e. The van der Waals surface area contributed by atoms with Crippen molar-refractivity contribution < 1.29 is 8.42 Å². The normalized spacial score (nSPS) is 20.8. The Morgan fingerprint density at radius 1 is 1.40 bits per heavy atom. The van der Waals surface area contributed by atoms with E-state index in [9.17, 15) is 8.42 Å². The molecule has 8 heteroatoms. The first-order chi connectivity index (χ1) is 9.59. The topological polar surface area (TPSA) is 96.9 Å². The molecule has 2 rings (SSSR count). The quantitative estimate of drug-likeness (QED) is 0.727.